The summed E-state index contributed by atoms with van der Waals surface area (Å²) in [5.74, 6) is 3.45. The number of carboxylic acids is 1. The average Bonchev–Trinajstić information content (AvgIpc) is 3.32. The molecule has 4 aliphatic carbocycles. The lowest BCUT2D eigenvalue weighted by Gasteiger charge is -2.28. The first kappa shape index (κ1) is 12.8. The Morgan fingerprint density at radius 3 is 2.19 bits per heavy atom. The molecule has 6 unspecified atom stereocenters. The Hall–Kier alpha value is -0.710. The standard InChI is InChI=1S/C16H21NO3S/c18-14(13-11-8-3-4-9(5-8)12(11)13)17-10(16(19)20)6-21-15(17)7-1-2-7/h7-13,15H,1-6H2,(H,19,20). The summed E-state index contributed by atoms with van der Waals surface area (Å²) < 4.78 is 0. The third-order valence-electron chi connectivity index (χ3n) is 6.62. The highest BCUT2D eigenvalue weighted by atomic mass is 32.2. The van der Waals surface area contributed by atoms with Gasteiger partial charge in [-0.1, -0.05) is 0 Å². The number of carboxylic acid groups (broad SMARTS) is 1. The molecule has 1 amide bonds. The van der Waals surface area contributed by atoms with E-state index in [1.54, 1.807) is 16.7 Å². The molecule has 4 nitrogen and oxygen atoms in total. The normalized spacial score (nSPS) is 50.3. The highest BCUT2D eigenvalue weighted by molar-refractivity contribution is 8.00. The molecule has 0 spiro atoms. The maximum atomic E-state index is 13.0. The van der Waals surface area contributed by atoms with Crippen molar-refractivity contribution in [3.8, 4) is 0 Å². The fraction of sp³-hybridized carbons (Fsp3) is 0.875. The van der Waals surface area contributed by atoms with Crippen LogP contribution in [-0.4, -0.2) is 39.1 Å². The monoisotopic (exact) mass is 307 g/mol. The van der Waals surface area contributed by atoms with Gasteiger partial charge in [0, 0.05) is 11.7 Å². The first-order chi connectivity index (χ1) is 10.2. The van der Waals surface area contributed by atoms with Crippen LogP contribution in [0.5, 0.6) is 0 Å². The Bertz CT molecular complexity index is 504. The number of hydrogen-bond donors (Lipinski definition) is 1. The molecule has 1 saturated heterocycles. The lowest BCUT2D eigenvalue weighted by molar-refractivity contribution is -0.150. The van der Waals surface area contributed by atoms with Gasteiger partial charge in [-0.05, 0) is 61.7 Å². The fourth-order valence-corrected chi connectivity index (χ4v) is 7.21. The van der Waals surface area contributed by atoms with Crippen LogP contribution in [0, 0.1) is 35.5 Å². The summed E-state index contributed by atoms with van der Waals surface area (Å²) in [6.07, 6.45) is 6.27. The van der Waals surface area contributed by atoms with E-state index < -0.39 is 12.0 Å². The van der Waals surface area contributed by atoms with E-state index in [1.807, 2.05) is 0 Å². The molecule has 5 rings (SSSR count). The summed E-state index contributed by atoms with van der Waals surface area (Å²) in [5, 5.41) is 9.62. The third kappa shape index (κ3) is 1.70. The number of hydrogen-bond acceptors (Lipinski definition) is 3. The van der Waals surface area contributed by atoms with Crippen molar-refractivity contribution in [1.29, 1.82) is 0 Å². The second-order valence-electron chi connectivity index (χ2n) is 7.67. The van der Waals surface area contributed by atoms with Crippen LogP contribution in [0.3, 0.4) is 0 Å². The number of nitrogens with zero attached hydrogens (tertiary/aromatic N) is 1. The van der Waals surface area contributed by atoms with Gasteiger partial charge in [0.05, 0.1) is 5.37 Å². The fourth-order valence-electron chi connectivity index (χ4n) is 5.57. The third-order valence-corrected chi connectivity index (χ3v) is 8.08. The smallest absolute Gasteiger partial charge is 0.327 e. The molecule has 1 aliphatic heterocycles. The van der Waals surface area contributed by atoms with Crippen molar-refractivity contribution in [2.75, 3.05) is 5.75 Å². The molecule has 5 heteroatoms. The van der Waals surface area contributed by atoms with Gasteiger partial charge < -0.3 is 10.0 Å². The molecule has 0 radical (unpaired) electrons. The Labute approximate surface area is 128 Å². The van der Waals surface area contributed by atoms with Crippen molar-refractivity contribution in [3.63, 3.8) is 0 Å². The van der Waals surface area contributed by atoms with Crippen molar-refractivity contribution in [3.05, 3.63) is 0 Å². The van der Waals surface area contributed by atoms with E-state index in [9.17, 15) is 14.7 Å². The quantitative estimate of drug-likeness (QED) is 0.867. The highest BCUT2D eigenvalue weighted by Crippen LogP contribution is 2.70. The summed E-state index contributed by atoms with van der Waals surface area (Å²) in [7, 11) is 0. The molecule has 1 heterocycles. The van der Waals surface area contributed by atoms with Crippen LogP contribution in [0.15, 0.2) is 0 Å². The van der Waals surface area contributed by atoms with Crippen LogP contribution < -0.4 is 0 Å². The topological polar surface area (TPSA) is 57.6 Å². The van der Waals surface area contributed by atoms with Gasteiger partial charge in [0.25, 0.3) is 0 Å². The zero-order chi connectivity index (χ0) is 14.3. The van der Waals surface area contributed by atoms with E-state index >= 15 is 0 Å². The van der Waals surface area contributed by atoms with Gasteiger partial charge in [0.1, 0.15) is 6.04 Å². The highest BCUT2D eigenvalue weighted by Gasteiger charge is 2.69. The van der Waals surface area contributed by atoms with Crippen molar-refractivity contribution >= 4 is 23.6 Å². The first-order valence-corrected chi connectivity index (χ1v) is 9.38. The maximum Gasteiger partial charge on any atom is 0.327 e. The minimum Gasteiger partial charge on any atom is -0.480 e. The predicted molar refractivity (Wildman–Crippen MR) is 78.5 cm³/mol. The van der Waals surface area contributed by atoms with Gasteiger partial charge in [-0.2, -0.15) is 0 Å². The second kappa shape index (κ2) is 4.18. The summed E-state index contributed by atoms with van der Waals surface area (Å²) in [6.45, 7) is 0. The zero-order valence-electron chi connectivity index (χ0n) is 12.0. The largest absolute Gasteiger partial charge is 0.480 e. The zero-order valence-corrected chi connectivity index (χ0v) is 12.8. The molecular formula is C16H21NO3S. The SMILES string of the molecule is O=C(O)C1CSC(C2CC2)N1C(=O)C1C2C3CCC(C3)C12. The van der Waals surface area contributed by atoms with Gasteiger partial charge in [-0.3, -0.25) is 4.79 Å². The molecule has 6 atom stereocenters. The summed E-state index contributed by atoms with van der Waals surface area (Å²) >= 11 is 1.70. The Morgan fingerprint density at radius 2 is 1.62 bits per heavy atom. The van der Waals surface area contributed by atoms with Gasteiger partial charge >= 0.3 is 5.97 Å². The number of thioether (sulfide) groups is 1. The van der Waals surface area contributed by atoms with E-state index in [1.165, 1.54) is 19.3 Å². The van der Waals surface area contributed by atoms with Crippen LogP contribution in [0.4, 0.5) is 0 Å². The van der Waals surface area contributed by atoms with Crippen molar-refractivity contribution in [1.82, 2.24) is 4.90 Å². The van der Waals surface area contributed by atoms with E-state index in [4.69, 9.17) is 0 Å². The molecule has 0 aromatic rings. The van der Waals surface area contributed by atoms with E-state index in [0.717, 1.165) is 24.7 Å². The number of amides is 1. The minimum absolute atomic E-state index is 0.151. The van der Waals surface area contributed by atoms with Crippen LogP contribution in [0.2, 0.25) is 0 Å². The van der Waals surface area contributed by atoms with Crippen molar-refractivity contribution in [2.45, 2.75) is 43.5 Å². The van der Waals surface area contributed by atoms with Crippen molar-refractivity contribution in [2.24, 2.45) is 35.5 Å². The summed E-state index contributed by atoms with van der Waals surface area (Å²) in [5.41, 5.74) is 0. The van der Waals surface area contributed by atoms with Gasteiger partial charge in [-0.25, -0.2) is 4.79 Å². The molecule has 21 heavy (non-hydrogen) atoms. The van der Waals surface area contributed by atoms with Crippen LogP contribution in [-0.2, 0) is 9.59 Å². The van der Waals surface area contributed by atoms with E-state index in [-0.39, 0.29) is 17.2 Å². The summed E-state index contributed by atoms with van der Waals surface area (Å²) in [4.78, 5) is 26.4. The molecule has 0 aromatic carbocycles. The molecule has 5 aliphatic rings. The Kier molecular flexibility index (Phi) is 2.55. The Balaban J connectivity index is 1.39. The number of aliphatic carboxylic acids is 1. The molecular weight excluding hydrogens is 286 g/mol. The van der Waals surface area contributed by atoms with Crippen molar-refractivity contribution < 1.29 is 14.7 Å². The van der Waals surface area contributed by atoms with Crippen LogP contribution >= 0.6 is 11.8 Å². The van der Waals surface area contributed by atoms with Gasteiger partial charge in [0.2, 0.25) is 5.91 Å². The number of fused-ring (bicyclic) bond motifs is 5. The van der Waals surface area contributed by atoms with Gasteiger partial charge in [0.15, 0.2) is 0 Å². The molecule has 0 aromatic heterocycles. The molecule has 5 fully saturated rings. The second-order valence-corrected chi connectivity index (χ2v) is 8.82. The Morgan fingerprint density at radius 1 is 1.00 bits per heavy atom. The van der Waals surface area contributed by atoms with Gasteiger partial charge in [-0.15, -0.1) is 11.8 Å². The number of carbonyl (C=O) groups is 2. The molecule has 4 saturated carbocycles. The molecule has 114 valence electrons. The average molecular weight is 307 g/mol. The van der Waals surface area contributed by atoms with Crippen LogP contribution in [0.25, 0.3) is 0 Å². The number of rotatable bonds is 3. The lowest BCUT2D eigenvalue weighted by Crippen LogP contribution is -2.47. The first-order valence-electron chi connectivity index (χ1n) is 8.33. The minimum atomic E-state index is -0.812. The summed E-state index contributed by atoms with van der Waals surface area (Å²) in [6, 6.07) is -0.577. The number of carbonyl (C=O) groups excluding carboxylic acids is 1. The molecule has 2 bridgehead atoms. The predicted octanol–water partition coefficient (Wildman–Crippen LogP) is 2.04. The lowest BCUT2D eigenvalue weighted by atomic mass is 10.0. The van der Waals surface area contributed by atoms with E-state index in [0.29, 0.717) is 23.5 Å². The van der Waals surface area contributed by atoms with E-state index in [2.05, 4.69) is 0 Å². The van der Waals surface area contributed by atoms with Crippen LogP contribution in [0.1, 0.15) is 32.1 Å². The molecule has 1 N–H and O–H groups in total. The maximum absolute atomic E-state index is 13.0.